The summed E-state index contributed by atoms with van der Waals surface area (Å²) < 4.78 is 0. The molecular weight excluding hydrogens is 202 g/mol. The van der Waals surface area contributed by atoms with Crippen LogP contribution >= 0.6 is 0 Å². The third-order valence-electron chi connectivity index (χ3n) is 3.34. The maximum atomic E-state index is 9.65. The molecule has 1 saturated carbocycles. The van der Waals surface area contributed by atoms with Crippen molar-refractivity contribution in [3.05, 3.63) is 29.3 Å². The fourth-order valence-corrected chi connectivity index (χ4v) is 1.89. The number of benzene rings is 1. The molecule has 2 rings (SSSR count). The van der Waals surface area contributed by atoms with E-state index < -0.39 is 0 Å². The third-order valence-corrected chi connectivity index (χ3v) is 3.34. The van der Waals surface area contributed by atoms with Gasteiger partial charge in [0, 0.05) is 30.7 Å². The van der Waals surface area contributed by atoms with E-state index in [9.17, 15) is 5.11 Å². The molecule has 0 radical (unpaired) electrons. The maximum Gasteiger partial charge on any atom is 0.120 e. The zero-order valence-electron chi connectivity index (χ0n) is 9.66. The van der Waals surface area contributed by atoms with Gasteiger partial charge >= 0.3 is 0 Å². The van der Waals surface area contributed by atoms with Crippen LogP contribution in [-0.4, -0.2) is 23.4 Å². The summed E-state index contributed by atoms with van der Waals surface area (Å²) >= 11 is 0. The number of rotatable bonds is 5. The molecule has 0 unspecified atom stereocenters. The molecule has 0 amide bonds. The van der Waals surface area contributed by atoms with Gasteiger partial charge in [-0.3, -0.25) is 0 Å². The zero-order chi connectivity index (χ0) is 11.6. The monoisotopic (exact) mass is 221 g/mol. The largest absolute Gasteiger partial charge is 0.508 e. The van der Waals surface area contributed by atoms with E-state index in [0.29, 0.717) is 12.3 Å². The second-order valence-electron chi connectivity index (χ2n) is 4.89. The highest BCUT2D eigenvalue weighted by molar-refractivity contribution is 5.35. The lowest BCUT2D eigenvalue weighted by atomic mass is 10.1. The van der Waals surface area contributed by atoms with E-state index >= 15 is 0 Å². The normalized spacial score (nSPS) is 17.4. The van der Waals surface area contributed by atoms with Crippen LogP contribution in [0.1, 0.15) is 24.0 Å². The Balaban J connectivity index is 1.87. The number of aryl methyl sites for hydroxylation is 1. The van der Waals surface area contributed by atoms with Crippen molar-refractivity contribution in [3.8, 4) is 5.75 Å². The maximum absolute atomic E-state index is 9.65. The molecule has 3 heteroatoms. The number of hydrogen-bond acceptors (Lipinski definition) is 3. The topological polar surface area (TPSA) is 52.5 Å². The Kier molecular flexibility index (Phi) is 3.17. The lowest BCUT2D eigenvalue weighted by Gasteiger charge is -2.13. The summed E-state index contributed by atoms with van der Waals surface area (Å²) in [5.74, 6) is 0.340. The Bertz CT molecular complexity index is 372. The first-order chi connectivity index (χ1) is 7.65. The molecule has 1 aromatic carbocycles. The van der Waals surface area contributed by atoms with Gasteiger partial charge < -0.3 is 15.5 Å². The number of phenolic OH excluding ortho intramolecular Hbond substituents is 1. The Hall–Kier alpha value is -1.06. The second kappa shape index (κ2) is 4.44. The summed E-state index contributed by atoms with van der Waals surface area (Å²) in [5.41, 5.74) is 2.20. The van der Waals surface area contributed by atoms with E-state index in [1.54, 1.807) is 6.07 Å². The first kappa shape index (κ1) is 11.4. The smallest absolute Gasteiger partial charge is 0.120 e. The minimum atomic E-state index is 0.124. The number of aliphatic hydroxyl groups is 1. The Morgan fingerprint density at radius 2 is 2.12 bits per heavy atom. The van der Waals surface area contributed by atoms with Gasteiger partial charge in [-0.1, -0.05) is 17.7 Å². The third kappa shape index (κ3) is 2.54. The van der Waals surface area contributed by atoms with Crippen molar-refractivity contribution in [3.63, 3.8) is 0 Å². The molecule has 1 aliphatic carbocycles. The van der Waals surface area contributed by atoms with Crippen LogP contribution in [0, 0.1) is 12.3 Å². The van der Waals surface area contributed by atoms with Crippen molar-refractivity contribution in [1.82, 2.24) is 5.32 Å². The summed E-state index contributed by atoms with van der Waals surface area (Å²) in [6, 6.07) is 5.61. The molecule has 16 heavy (non-hydrogen) atoms. The SMILES string of the molecule is Cc1ccc(O)c(CNCC2(CO)CC2)c1. The van der Waals surface area contributed by atoms with Crippen molar-refractivity contribution in [2.45, 2.75) is 26.3 Å². The van der Waals surface area contributed by atoms with E-state index in [0.717, 1.165) is 30.5 Å². The van der Waals surface area contributed by atoms with Crippen LogP contribution < -0.4 is 5.32 Å². The molecule has 1 aromatic rings. The van der Waals surface area contributed by atoms with Gasteiger partial charge in [0.2, 0.25) is 0 Å². The van der Waals surface area contributed by atoms with Gasteiger partial charge in [-0.05, 0) is 25.8 Å². The van der Waals surface area contributed by atoms with E-state index in [2.05, 4.69) is 5.32 Å². The number of phenols is 1. The predicted octanol–water partition coefficient (Wildman–Crippen LogP) is 1.56. The van der Waals surface area contributed by atoms with Crippen molar-refractivity contribution < 1.29 is 10.2 Å². The molecule has 1 aliphatic rings. The summed E-state index contributed by atoms with van der Waals surface area (Å²) in [6.45, 7) is 3.77. The summed E-state index contributed by atoms with van der Waals surface area (Å²) in [7, 11) is 0. The fraction of sp³-hybridized carbons (Fsp3) is 0.538. The van der Waals surface area contributed by atoms with Crippen molar-refractivity contribution in [1.29, 1.82) is 0 Å². The Labute approximate surface area is 96.1 Å². The first-order valence-corrected chi connectivity index (χ1v) is 5.75. The molecule has 3 N–H and O–H groups in total. The van der Waals surface area contributed by atoms with E-state index in [-0.39, 0.29) is 12.0 Å². The predicted molar refractivity (Wildman–Crippen MR) is 63.3 cm³/mol. The van der Waals surface area contributed by atoms with Gasteiger partial charge in [0.15, 0.2) is 0 Å². The summed E-state index contributed by atoms with van der Waals surface area (Å²) in [5, 5.41) is 22.1. The lowest BCUT2D eigenvalue weighted by molar-refractivity contribution is 0.207. The number of nitrogens with one attached hydrogen (secondary N) is 1. The molecule has 0 saturated heterocycles. The van der Waals surface area contributed by atoms with E-state index in [1.165, 1.54) is 0 Å². The van der Waals surface area contributed by atoms with Crippen LogP contribution in [0.25, 0.3) is 0 Å². The Morgan fingerprint density at radius 3 is 2.75 bits per heavy atom. The standard InChI is InChI=1S/C13H19NO2/c1-10-2-3-12(16)11(6-10)7-14-8-13(9-15)4-5-13/h2-3,6,14-16H,4-5,7-9H2,1H3. The van der Waals surface area contributed by atoms with Crippen LogP contribution in [-0.2, 0) is 6.54 Å². The van der Waals surface area contributed by atoms with Crippen LogP contribution in [0.2, 0.25) is 0 Å². The molecule has 0 heterocycles. The molecule has 88 valence electrons. The highest BCUT2D eigenvalue weighted by atomic mass is 16.3. The molecule has 0 atom stereocenters. The summed E-state index contributed by atoms with van der Waals surface area (Å²) in [4.78, 5) is 0. The molecule has 0 aliphatic heterocycles. The fourth-order valence-electron chi connectivity index (χ4n) is 1.89. The minimum Gasteiger partial charge on any atom is -0.508 e. The quantitative estimate of drug-likeness (QED) is 0.707. The highest BCUT2D eigenvalue weighted by Gasteiger charge is 2.41. The number of aliphatic hydroxyl groups excluding tert-OH is 1. The van der Waals surface area contributed by atoms with Gasteiger partial charge in [0.1, 0.15) is 5.75 Å². The van der Waals surface area contributed by atoms with Crippen molar-refractivity contribution in [2.24, 2.45) is 5.41 Å². The van der Waals surface area contributed by atoms with Gasteiger partial charge in [0.05, 0.1) is 0 Å². The number of aromatic hydroxyl groups is 1. The van der Waals surface area contributed by atoms with Gasteiger partial charge in [-0.25, -0.2) is 0 Å². The molecular formula is C13H19NO2. The Morgan fingerprint density at radius 1 is 1.38 bits per heavy atom. The van der Waals surface area contributed by atoms with E-state index in [1.807, 2.05) is 19.1 Å². The second-order valence-corrected chi connectivity index (χ2v) is 4.89. The highest BCUT2D eigenvalue weighted by Crippen LogP contribution is 2.44. The van der Waals surface area contributed by atoms with Crippen LogP contribution in [0.15, 0.2) is 18.2 Å². The van der Waals surface area contributed by atoms with Crippen LogP contribution in [0.3, 0.4) is 0 Å². The molecule has 3 nitrogen and oxygen atoms in total. The van der Waals surface area contributed by atoms with Gasteiger partial charge in [0.25, 0.3) is 0 Å². The molecule has 0 bridgehead atoms. The number of hydrogen-bond donors (Lipinski definition) is 3. The lowest BCUT2D eigenvalue weighted by Crippen LogP contribution is -2.26. The first-order valence-electron chi connectivity index (χ1n) is 5.75. The molecule has 0 aromatic heterocycles. The van der Waals surface area contributed by atoms with Crippen molar-refractivity contribution in [2.75, 3.05) is 13.2 Å². The molecule has 1 fully saturated rings. The van der Waals surface area contributed by atoms with Gasteiger partial charge in [-0.2, -0.15) is 0 Å². The summed E-state index contributed by atoms with van der Waals surface area (Å²) in [6.07, 6.45) is 2.21. The van der Waals surface area contributed by atoms with Crippen LogP contribution in [0.4, 0.5) is 0 Å². The van der Waals surface area contributed by atoms with E-state index in [4.69, 9.17) is 5.11 Å². The minimum absolute atomic E-state index is 0.124. The molecule has 0 spiro atoms. The van der Waals surface area contributed by atoms with Crippen molar-refractivity contribution >= 4 is 0 Å². The van der Waals surface area contributed by atoms with Gasteiger partial charge in [-0.15, -0.1) is 0 Å². The zero-order valence-corrected chi connectivity index (χ0v) is 9.66. The average molecular weight is 221 g/mol. The van der Waals surface area contributed by atoms with Crippen LogP contribution in [0.5, 0.6) is 5.75 Å². The average Bonchev–Trinajstić information content (AvgIpc) is 3.04.